The largest absolute Gasteiger partial charge is 0.314 e. The summed E-state index contributed by atoms with van der Waals surface area (Å²) in [6.07, 6.45) is -2.56. The maximum absolute atomic E-state index is 13.3. The molecule has 19 heavy (non-hydrogen) atoms. The van der Waals surface area contributed by atoms with Crippen LogP contribution in [0.25, 0.3) is 0 Å². The van der Waals surface area contributed by atoms with E-state index in [1.807, 2.05) is 0 Å². The van der Waals surface area contributed by atoms with Gasteiger partial charge < -0.3 is 5.32 Å². The Balaban J connectivity index is 2.22. The second kappa shape index (κ2) is 6.39. The van der Waals surface area contributed by atoms with Gasteiger partial charge in [0, 0.05) is 38.6 Å². The Morgan fingerprint density at radius 3 is 2.53 bits per heavy atom. The summed E-state index contributed by atoms with van der Waals surface area (Å²) in [5.41, 5.74) is 1.29. The zero-order valence-corrected chi connectivity index (χ0v) is 11.0. The van der Waals surface area contributed by atoms with Crippen molar-refractivity contribution < 1.29 is 13.2 Å². The summed E-state index contributed by atoms with van der Waals surface area (Å²) in [5, 5.41) is 3.21. The highest BCUT2D eigenvalue weighted by molar-refractivity contribution is 5.26. The number of hydrogen-bond acceptors (Lipinski definition) is 2. The number of rotatable bonds is 4. The van der Waals surface area contributed by atoms with Crippen LogP contribution in [0.3, 0.4) is 0 Å². The number of hydrogen-bond donors (Lipinski definition) is 1. The fraction of sp³-hybridized carbons (Fsp3) is 0.571. The van der Waals surface area contributed by atoms with Crippen LogP contribution in [0.5, 0.6) is 0 Å². The van der Waals surface area contributed by atoms with Gasteiger partial charge in [0.15, 0.2) is 0 Å². The van der Waals surface area contributed by atoms with E-state index in [2.05, 4.69) is 10.2 Å². The Labute approximate surface area is 111 Å². The van der Waals surface area contributed by atoms with E-state index < -0.39 is 6.43 Å². The molecule has 0 spiro atoms. The first kappa shape index (κ1) is 14.3. The van der Waals surface area contributed by atoms with Gasteiger partial charge in [0.25, 0.3) is 0 Å². The lowest BCUT2D eigenvalue weighted by atomic mass is 9.99. The van der Waals surface area contributed by atoms with Crippen LogP contribution < -0.4 is 5.32 Å². The van der Waals surface area contributed by atoms with Crippen LogP contribution in [-0.4, -0.2) is 37.5 Å². The molecule has 1 N–H and O–H groups in total. The third-order valence-electron chi connectivity index (χ3n) is 3.56. The van der Waals surface area contributed by atoms with Crippen molar-refractivity contribution in [2.75, 3.05) is 26.2 Å². The second-order valence-electron chi connectivity index (χ2n) is 4.94. The SMILES string of the molecule is Cc1cc([C@@H](CC(F)F)N2CCNCC2)ccc1F. The third-order valence-corrected chi connectivity index (χ3v) is 3.56. The molecule has 1 heterocycles. The molecule has 1 aromatic rings. The molecule has 1 fully saturated rings. The molecule has 0 unspecified atom stereocenters. The van der Waals surface area contributed by atoms with Crippen LogP contribution in [0.4, 0.5) is 13.2 Å². The van der Waals surface area contributed by atoms with Crippen molar-refractivity contribution in [1.29, 1.82) is 0 Å². The second-order valence-corrected chi connectivity index (χ2v) is 4.94. The van der Waals surface area contributed by atoms with Crippen LogP contribution >= 0.6 is 0 Å². The van der Waals surface area contributed by atoms with Crippen molar-refractivity contribution in [3.63, 3.8) is 0 Å². The first-order chi connectivity index (χ1) is 9.08. The van der Waals surface area contributed by atoms with Gasteiger partial charge in [-0.05, 0) is 24.1 Å². The number of nitrogens with zero attached hydrogens (tertiary/aromatic N) is 1. The molecule has 106 valence electrons. The summed E-state index contributed by atoms with van der Waals surface area (Å²) in [6, 6.07) is 4.34. The highest BCUT2D eigenvalue weighted by Gasteiger charge is 2.25. The number of benzene rings is 1. The van der Waals surface area contributed by atoms with Gasteiger partial charge in [0.05, 0.1) is 0 Å². The summed E-state index contributed by atoms with van der Waals surface area (Å²) in [7, 11) is 0. The average Bonchev–Trinajstić information content (AvgIpc) is 2.40. The molecule has 1 saturated heterocycles. The summed E-state index contributed by atoms with van der Waals surface area (Å²) in [4.78, 5) is 2.05. The van der Waals surface area contributed by atoms with Gasteiger partial charge in [-0.15, -0.1) is 0 Å². The number of nitrogens with one attached hydrogen (secondary N) is 1. The minimum atomic E-state index is -2.36. The molecule has 0 amide bonds. The van der Waals surface area contributed by atoms with E-state index in [0.717, 1.165) is 31.7 Å². The molecule has 2 rings (SSSR count). The molecule has 1 aliphatic rings. The third kappa shape index (κ3) is 3.70. The zero-order chi connectivity index (χ0) is 13.8. The van der Waals surface area contributed by atoms with Gasteiger partial charge in [0.1, 0.15) is 5.82 Å². The lowest BCUT2D eigenvalue weighted by Gasteiger charge is -2.35. The molecule has 0 radical (unpaired) electrons. The van der Waals surface area contributed by atoms with Gasteiger partial charge in [-0.25, -0.2) is 13.2 Å². The Morgan fingerprint density at radius 2 is 1.95 bits per heavy atom. The highest BCUT2D eigenvalue weighted by atomic mass is 19.3. The van der Waals surface area contributed by atoms with Crippen molar-refractivity contribution >= 4 is 0 Å². The zero-order valence-electron chi connectivity index (χ0n) is 11.0. The Hall–Kier alpha value is -1.07. The first-order valence-electron chi connectivity index (χ1n) is 6.57. The number of alkyl halides is 2. The van der Waals surface area contributed by atoms with E-state index in [9.17, 15) is 13.2 Å². The quantitative estimate of drug-likeness (QED) is 0.906. The molecular formula is C14H19F3N2. The summed E-state index contributed by atoms with van der Waals surface area (Å²) in [6.45, 7) is 4.76. The minimum absolute atomic E-state index is 0.203. The van der Waals surface area contributed by atoms with Crippen molar-refractivity contribution in [2.24, 2.45) is 0 Å². The van der Waals surface area contributed by atoms with Gasteiger partial charge in [-0.3, -0.25) is 4.90 Å². The summed E-state index contributed by atoms with van der Waals surface area (Å²) >= 11 is 0. The van der Waals surface area contributed by atoms with Crippen molar-refractivity contribution in [1.82, 2.24) is 10.2 Å². The number of halogens is 3. The molecule has 0 aromatic heterocycles. The van der Waals surface area contributed by atoms with Gasteiger partial charge in [-0.2, -0.15) is 0 Å². The topological polar surface area (TPSA) is 15.3 Å². The normalized spacial score (nSPS) is 18.8. The molecule has 0 aliphatic carbocycles. The van der Waals surface area contributed by atoms with E-state index in [1.54, 1.807) is 19.1 Å². The molecule has 1 aromatic carbocycles. The number of aryl methyl sites for hydroxylation is 1. The van der Waals surface area contributed by atoms with Crippen LogP contribution in [0.15, 0.2) is 18.2 Å². The van der Waals surface area contributed by atoms with E-state index in [-0.39, 0.29) is 18.3 Å². The standard InChI is InChI=1S/C14H19F3N2/c1-10-8-11(2-3-12(10)15)13(9-14(16)17)19-6-4-18-5-7-19/h2-3,8,13-14,18H,4-7,9H2,1H3/t13-/m1/s1. The summed E-state index contributed by atoms with van der Waals surface area (Å²) < 4.78 is 38.9. The van der Waals surface area contributed by atoms with E-state index >= 15 is 0 Å². The van der Waals surface area contributed by atoms with Crippen LogP contribution in [0.1, 0.15) is 23.6 Å². The van der Waals surface area contributed by atoms with E-state index in [0.29, 0.717) is 5.56 Å². The minimum Gasteiger partial charge on any atom is -0.314 e. The lowest BCUT2D eigenvalue weighted by molar-refractivity contribution is 0.0739. The maximum atomic E-state index is 13.3. The first-order valence-corrected chi connectivity index (χ1v) is 6.57. The fourth-order valence-corrected chi connectivity index (χ4v) is 2.53. The monoisotopic (exact) mass is 272 g/mol. The predicted octanol–water partition coefficient (Wildman–Crippen LogP) is 2.74. The van der Waals surface area contributed by atoms with Crippen LogP contribution in [-0.2, 0) is 0 Å². The Bertz CT molecular complexity index is 417. The highest BCUT2D eigenvalue weighted by Crippen LogP contribution is 2.28. The van der Waals surface area contributed by atoms with Crippen LogP contribution in [0, 0.1) is 12.7 Å². The molecular weight excluding hydrogens is 253 g/mol. The van der Waals surface area contributed by atoms with Gasteiger partial charge in [0.2, 0.25) is 6.43 Å². The lowest BCUT2D eigenvalue weighted by Crippen LogP contribution is -2.45. The van der Waals surface area contributed by atoms with Gasteiger partial charge >= 0.3 is 0 Å². The van der Waals surface area contributed by atoms with Crippen molar-refractivity contribution in [3.8, 4) is 0 Å². The molecule has 2 nitrogen and oxygen atoms in total. The fourth-order valence-electron chi connectivity index (χ4n) is 2.53. The van der Waals surface area contributed by atoms with Gasteiger partial charge in [-0.1, -0.05) is 12.1 Å². The van der Waals surface area contributed by atoms with Crippen LogP contribution in [0.2, 0.25) is 0 Å². The van der Waals surface area contributed by atoms with E-state index in [4.69, 9.17) is 0 Å². The van der Waals surface area contributed by atoms with Crippen molar-refractivity contribution in [3.05, 3.63) is 35.1 Å². The molecule has 1 atom stereocenters. The smallest absolute Gasteiger partial charge is 0.240 e. The summed E-state index contributed by atoms with van der Waals surface area (Å²) in [5.74, 6) is -0.292. The maximum Gasteiger partial charge on any atom is 0.240 e. The Kier molecular flexibility index (Phi) is 4.82. The molecule has 0 bridgehead atoms. The molecule has 0 saturated carbocycles. The molecule has 5 heteroatoms. The van der Waals surface area contributed by atoms with Crippen molar-refractivity contribution in [2.45, 2.75) is 25.8 Å². The average molecular weight is 272 g/mol. The van der Waals surface area contributed by atoms with E-state index in [1.165, 1.54) is 6.07 Å². The predicted molar refractivity (Wildman–Crippen MR) is 68.9 cm³/mol. The Morgan fingerprint density at radius 1 is 1.26 bits per heavy atom. The molecule has 1 aliphatic heterocycles. The number of piperazine rings is 1.